The Kier molecular flexibility index (Phi) is 6.85. The van der Waals surface area contributed by atoms with E-state index in [1.165, 1.54) is 0 Å². The smallest absolute Gasteiger partial charge is 0.246 e. The molecule has 2 rings (SSSR count). The summed E-state index contributed by atoms with van der Waals surface area (Å²) in [6, 6.07) is 14.1. The zero-order chi connectivity index (χ0) is 20.0. The molecule has 0 aliphatic carbocycles. The molecule has 0 saturated carbocycles. The summed E-state index contributed by atoms with van der Waals surface area (Å²) >= 11 is 0. The molecule has 27 heavy (non-hydrogen) atoms. The molecule has 2 atom stereocenters. The van der Waals surface area contributed by atoms with Crippen LogP contribution in [0.3, 0.4) is 0 Å². The van der Waals surface area contributed by atoms with Gasteiger partial charge >= 0.3 is 0 Å². The van der Waals surface area contributed by atoms with Crippen LogP contribution >= 0.6 is 0 Å². The van der Waals surface area contributed by atoms with Crippen molar-refractivity contribution in [3.8, 4) is 0 Å². The standard InChI is InChI=1S/C20H27N3O3S/c1-5-14(2)18-11-6-7-12-19(18)22-20(24)15(3)21-16-9-8-10-17(13-16)23-27(4,25)26/h6-15,21,23H,5H2,1-4H3,(H,22,24)/t14-,15+/m1/s1. The minimum Gasteiger partial charge on any atom is -0.374 e. The molecule has 7 heteroatoms. The number of benzene rings is 2. The molecular formula is C20H27N3O3S. The predicted molar refractivity (Wildman–Crippen MR) is 112 cm³/mol. The normalized spacial score (nSPS) is 13.5. The lowest BCUT2D eigenvalue weighted by atomic mass is 9.97. The number of hydrogen-bond acceptors (Lipinski definition) is 4. The maximum absolute atomic E-state index is 12.6. The molecule has 0 aliphatic rings. The molecule has 2 aromatic carbocycles. The first kappa shape index (κ1) is 20.8. The highest BCUT2D eigenvalue weighted by Gasteiger charge is 2.16. The lowest BCUT2D eigenvalue weighted by Gasteiger charge is -2.19. The van der Waals surface area contributed by atoms with E-state index in [2.05, 4.69) is 29.2 Å². The monoisotopic (exact) mass is 389 g/mol. The Hall–Kier alpha value is -2.54. The summed E-state index contributed by atoms with van der Waals surface area (Å²) in [5, 5.41) is 6.09. The number of anilines is 3. The van der Waals surface area contributed by atoms with Gasteiger partial charge in [0, 0.05) is 11.4 Å². The highest BCUT2D eigenvalue weighted by molar-refractivity contribution is 7.92. The minimum absolute atomic E-state index is 0.160. The molecule has 0 aromatic heterocycles. The summed E-state index contributed by atoms with van der Waals surface area (Å²) in [6.45, 7) is 6.01. The Morgan fingerprint density at radius 1 is 1.04 bits per heavy atom. The number of hydrogen-bond donors (Lipinski definition) is 3. The third kappa shape index (κ3) is 6.29. The van der Waals surface area contributed by atoms with Crippen molar-refractivity contribution in [2.75, 3.05) is 21.6 Å². The molecule has 1 amide bonds. The van der Waals surface area contributed by atoms with E-state index < -0.39 is 16.1 Å². The van der Waals surface area contributed by atoms with Crippen molar-refractivity contribution in [2.45, 2.75) is 39.2 Å². The molecule has 0 unspecified atom stereocenters. The molecule has 146 valence electrons. The molecule has 2 aromatic rings. The van der Waals surface area contributed by atoms with E-state index in [0.717, 1.165) is 23.9 Å². The van der Waals surface area contributed by atoms with Crippen molar-refractivity contribution in [2.24, 2.45) is 0 Å². The van der Waals surface area contributed by atoms with Gasteiger partial charge in [-0.15, -0.1) is 0 Å². The van der Waals surface area contributed by atoms with E-state index in [-0.39, 0.29) is 5.91 Å². The third-order valence-corrected chi connectivity index (χ3v) is 4.91. The van der Waals surface area contributed by atoms with Gasteiger partial charge in [-0.3, -0.25) is 9.52 Å². The van der Waals surface area contributed by atoms with Crippen LogP contribution in [0.4, 0.5) is 17.1 Å². The topological polar surface area (TPSA) is 87.3 Å². The van der Waals surface area contributed by atoms with Gasteiger partial charge in [-0.05, 0) is 49.1 Å². The third-order valence-electron chi connectivity index (χ3n) is 4.30. The molecule has 3 N–H and O–H groups in total. The fourth-order valence-corrected chi connectivity index (χ4v) is 3.26. The second kappa shape index (κ2) is 8.90. The van der Waals surface area contributed by atoms with Gasteiger partial charge in [0.05, 0.1) is 11.9 Å². The molecule has 6 nitrogen and oxygen atoms in total. The quantitative estimate of drug-likeness (QED) is 0.636. The van der Waals surface area contributed by atoms with Crippen LogP contribution in [-0.4, -0.2) is 26.6 Å². The number of carbonyl (C=O) groups is 1. The van der Waals surface area contributed by atoms with Crippen molar-refractivity contribution < 1.29 is 13.2 Å². The number of rotatable bonds is 8. The first-order chi connectivity index (χ1) is 12.7. The lowest BCUT2D eigenvalue weighted by molar-refractivity contribution is -0.116. The zero-order valence-electron chi connectivity index (χ0n) is 16.1. The van der Waals surface area contributed by atoms with Crippen molar-refractivity contribution in [3.63, 3.8) is 0 Å². The fraction of sp³-hybridized carbons (Fsp3) is 0.350. The molecule has 0 radical (unpaired) electrons. The van der Waals surface area contributed by atoms with E-state index >= 15 is 0 Å². The van der Waals surface area contributed by atoms with Gasteiger partial charge in [0.25, 0.3) is 0 Å². The lowest BCUT2D eigenvalue weighted by Crippen LogP contribution is -2.32. The van der Waals surface area contributed by atoms with E-state index in [0.29, 0.717) is 17.3 Å². The van der Waals surface area contributed by atoms with E-state index in [1.54, 1.807) is 31.2 Å². The van der Waals surface area contributed by atoms with Crippen molar-refractivity contribution in [1.29, 1.82) is 0 Å². The number of sulfonamides is 1. The molecular weight excluding hydrogens is 362 g/mol. The van der Waals surface area contributed by atoms with Gasteiger partial charge < -0.3 is 10.6 Å². The number of nitrogens with one attached hydrogen (secondary N) is 3. The fourth-order valence-electron chi connectivity index (χ4n) is 2.70. The van der Waals surface area contributed by atoms with Crippen LogP contribution < -0.4 is 15.4 Å². The second-order valence-electron chi connectivity index (χ2n) is 6.71. The predicted octanol–water partition coefficient (Wildman–Crippen LogP) is 4.01. The summed E-state index contributed by atoms with van der Waals surface area (Å²) in [6.07, 6.45) is 2.08. The number of amides is 1. The van der Waals surface area contributed by atoms with Crippen LogP contribution in [0.5, 0.6) is 0 Å². The molecule has 0 fully saturated rings. The maximum Gasteiger partial charge on any atom is 0.246 e. The largest absolute Gasteiger partial charge is 0.374 e. The molecule has 0 aliphatic heterocycles. The van der Waals surface area contributed by atoms with Crippen LogP contribution in [0.2, 0.25) is 0 Å². The second-order valence-corrected chi connectivity index (χ2v) is 8.46. The molecule has 0 spiro atoms. The zero-order valence-corrected chi connectivity index (χ0v) is 16.9. The maximum atomic E-state index is 12.6. The first-order valence-electron chi connectivity index (χ1n) is 8.93. The Morgan fingerprint density at radius 3 is 2.37 bits per heavy atom. The molecule has 0 heterocycles. The SMILES string of the molecule is CC[C@@H](C)c1ccccc1NC(=O)[C@H](C)Nc1cccc(NS(C)(=O)=O)c1. The molecule has 0 bridgehead atoms. The van der Waals surface area contributed by atoms with Crippen molar-refractivity contribution >= 4 is 33.0 Å². The Bertz CT molecular complexity index is 897. The summed E-state index contributed by atoms with van der Waals surface area (Å²) < 4.78 is 25.1. The van der Waals surface area contributed by atoms with Crippen LogP contribution in [-0.2, 0) is 14.8 Å². The van der Waals surface area contributed by atoms with Crippen LogP contribution in [0.15, 0.2) is 48.5 Å². The number of carbonyl (C=O) groups excluding carboxylic acids is 1. The van der Waals surface area contributed by atoms with Gasteiger partial charge in [-0.25, -0.2) is 8.42 Å². The summed E-state index contributed by atoms with van der Waals surface area (Å²) in [5.41, 5.74) is 3.02. The van der Waals surface area contributed by atoms with Gasteiger partial charge in [0.15, 0.2) is 0 Å². The van der Waals surface area contributed by atoms with Gasteiger partial charge in [-0.1, -0.05) is 38.1 Å². The van der Waals surface area contributed by atoms with Crippen molar-refractivity contribution in [1.82, 2.24) is 0 Å². The minimum atomic E-state index is -3.35. The van der Waals surface area contributed by atoms with E-state index in [1.807, 2.05) is 24.3 Å². The summed E-state index contributed by atoms with van der Waals surface area (Å²) in [5.74, 6) is 0.191. The van der Waals surface area contributed by atoms with Gasteiger partial charge in [0.1, 0.15) is 6.04 Å². The average molecular weight is 390 g/mol. The number of para-hydroxylation sites is 1. The van der Waals surface area contributed by atoms with Crippen LogP contribution in [0, 0.1) is 0 Å². The van der Waals surface area contributed by atoms with Gasteiger partial charge in [-0.2, -0.15) is 0 Å². The Balaban J connectivity index is 2.08. The van der Waals surface area contributed by atoms with Crippen molar-refractivity contribution in [3.05, 3.63) is 54.1 Å². The van der Waals surface area contributed by atoms with Crippen LogP contribution in [0.1, 0.15) is 38.7 Å². The van der Waals surface area contributed by atoms with Crippen LogP contribution in [0.25, 0.3) is 0 Å². The van der Waals surface area contributed by atoms with Gasteiger partial charge in [0.2, 0.25) is 15.9 Å². The van der Waals surface area contributed by atoms with E-state index in [4.69, 9.17) is 0 Å². The highest BCUT2D eigenvalue weighted by atomic mass is 32.2. The highest BCUT2D eigenvalue weighted by Crippen LogP contribution is 2.26. The Labute approximate surface area is 161 Å². The Morgan fingerprint density at radius 2 is 1.70 bits per heavy atom. The molecule has 0 saturated heterocycles. The summed E-state index contributed by atoms with van der Waals surface area (Å²) in [4.78, 5) is 12.6. The summed E-state index contributed by atoms with van der Waals surface area (Å²) in [7, 11) is -3.35. The first-order valence-corrected chi connectivity index (χ1v) is 10.8. The average Bonchev–Trinajstić information content (AvgIpc) is 2.60. The van der Waals surface area contributed by atoms with E-state index in [9.17, 15) is 13.2 Å².